The molecule has 0 amide bonds. The smallest absolute Gasteiger partial charge is 0.194 e. The molecule has 0 spiro atoms. The van der Waals surface area contributed by atoms with Gasteiger partial charge in [0.05, 0.1) is 6.04 Å². The first kappa shape index (κ1) is 13.4. The van der Waals surface area contributed by atoms with Crippen LogP contribution in [-0.2, 0) is 0 Å². The van der Waals surface area contributed by atoms with E-state index in [0.29, 0.717) is 11.3 Å². The van der Waals surface area contributed by atoms with Gasteiger partial charge in [-0.2, -0.15) is 0 Å². The highest BCUT2D eigenvalue weighted by Gasteiger charge is 2.22. The monoisotopic (exact) mass is 267 g/mol. The van der Waals surface area contributed by atoms with Crippen molar-refractivity contribution in [1.29, 1.82) is 0 Å². The van der Waals surface area contributed by atoms with E-state index in [1.54, 1.807) is 24.3 Å². The van der Waals surface area contributed by atoms with Crippen LogP contribution in [0.15, 0.2) is 36.4 Å². The summed E-state index contributed by atoms with van der Waals surface area (Å²) in [6.07, 6.45) is 0. The normalized spacial score (nSPS) is 12.4. The standard InChI is InChI=1S/C13H12F3N3/c14-9-6-5-8(11(15)12(9)16)13(19-18)7-3-1-2-4-10(7)17/h1-6,13,19H,17-18H2. The van der Waals surface area contributed by atoms with E-state index in [2.05, 4.69) is 5.43 Å². The van der Waals surface area contributed by atoms with E-state index in [9.17, 15) is 13.2 Å². The SMILES string of the molecule is NNC(c1ccccc1N)c1ccc(F)c(F)c1F. The van der Waals surface area contributed by atoms with Crippen LogP contribution in [0.2, 0.25) is 0 Å². The van der Waals surface area contributed by atoms with Gasteiger partial charge in [-0.15, -0.1) is 0 Å². The molecular formula is C13H12F3N3. The van der Waals surface area contributed by atoms with Crippen LogP contribution in [0.3, 0.4) is 0 Å². The highest BCUT2D eigenvalue weighted by Crippen LogP contribution is 2.29. The predicted molar refractivity (Wildman–Crippen MR) is 66.3 cm³/mol. The van der Waals surface area contributed by atoms with Crippen molar-refractivity contribution in [3.8, 4) is 0 Å². The summed E-state index contributed by atoms with van der Waals surface area (Å²) < 4.78 is 39.9. The Morgan fingerprint density at radius 1 is 0.895 bits per heavy atom. The largest absolute Gasteiger partial charge is 0.398 e. The zero-order valence-corrected chi connectivity index (χ0v) is 9.83. The number of halogens is 3. The molecule has 0 aromatic heterocycles. The van der Waals surface area contributed by atoms with Crippen molar-refractivity contribution in [1.82, 2.24) is 5.43 Å². The molecule has 100 valence electrons. The van der Waals surface area contributed by atoms with Crippen molar-refractivity contribution in [2.24, 2.45) is 5.84 Å². The van der Waals surface area contributed by atoms with Crippen LogP contribution in [-0.4, -0.2) is 0 Å². The molecule has 0 aliphatic rings. The lowest BCUT2D eigenvalue weighted by atomic mass is 9.97. The maximum absolute atomic E-state index is 13.8. The van der Waals surface area contributed by atoms with Gasteiger partial charge < -0.3 is 5.73 Å². The van der Waals surface area contributed by atoms with E-state index in [0.717, 1.165) is 12.1 Å². The summed E-state index contributed by atoms with van der Waals surface area (Å²) in [7, 11) is 0. The molecule has 2 rings (SSSR count). The summed E-state index contributed by atoms with van der Waals surface area (Å²) >= 11 is 0. The molecule has 0 saturated heterocycles. The van der Waals surface area contributed by atoms with Gasteiger partial charge in [0.15, 0.2) is 17.5 Å². The molecule has 1 unspecified atom stereocenters. The van der Waals surface area contributed by atoms with Gasteiger partial charge in [0.25, 0.3) is 0 Å². The Hall–Kier alpha value is -2.05. The zero-order chi connectivity index (χ0) is 14.0. The molecule has 1 atom stereocenters. The maximum Gasteiger partial charge on any atom is 0.194 e. The molecule has 0 radical (unpaired) electrons. The minimum Gasteiger partial charge on any atom is -0.398 e. The number of anilines is 1. The van der Waals surface area contributed by atoms with Gasteiger partial charge in [-0.3, -0.25) is 5.84 Å². The molecule has 2 aromatic carbocycles. The zero-order valence-electron chi connectivity index (χ0n) is 9.83. The first-order valence-corrected chi connectivity index (χ1v) is 5.50. The third kappa shape index (κ3) is 2.40. The molecule has 6 heteroatoms. The van der Waals surface area contributed by atoms with Crippen molar-refractivity contribution in [3.05, 3.63) is 65.0 Å². The summed E-state index contributed by atoms with van der Waals surface area (Å²) in [5.74, 6) is 1.30. The second kappa shape index (κ2) is 5.29. The summed E-state index contributed by atoms with van der Waals surface area (Å²) in [5.41, 5.74) is 8.86. The van der Waals surface area contributed by atoms with E-state index >= 15 is 0 Å². The van der Waals surface area contributed by atoms with Crippen LogP contribution in [0, 0.1) is 17.5 Å². The van der Waals surface area contributed by atoms with Crippen molar-refractivity contribution < 1.29 is 13.2 Å². The van der Waals surface area contributed by atoms with Gasteiger partial charge >= 0.3 is 0 Å². The Morgan fingerprint density at radius 3 is 2.21 bits per heavy atom. The Kier molecular flexibility index (Phi) is 3.73. The summed E-state index contributed by atoms with van der Waals surface area (Å²) in [6.45, 7) is 0. The van der Waals surface area contributed by atoms with Gasteiger partial charge in [0.1, 0.15) is 0 Å². The number of para-hydroxylation sites is 1. The second-order valence-electron chi connectivity index (χ2n) is 3.99. The van der Waals surface area contributed by atoms with Gasteiger partial charge in [-0.25, -0.2) is 18.6 Å². The first-order valence-electron chi connectivity index (χ1n) is 5.50. The fraction of sp³-hybridized carbons (Fsp3) is 0.0769. The van der Waals surface area contributed by atoms with Crippen LogP contribution < -0.4 is 17.0 Å². The van der Waals surface area contributed by atoms with Crippen LogP contribution in [0.4, 0.5) is 18.9 Å². The number of hydrazine groups is 1. The highest BCUT2D eigenvalue weighted by atomic mass is 19.2. The van der Waals surface area contributed by atoms with Gasteiger partial charge in [0, 0.05) is 11.3 Å². The van der Waals surface area contributed by atoms with Crippen molar-refractivity contribution in [3.63, 3.8) is 0 Å². The highest BCUT2D eigenvalue weighted by molar-refractivity contribution is 5.51. The Bertz CT molecular complexity index is 602. The summed E-state index contributed by atoms with van der Waals surface area (Å²) in [6, 6.07) is 7.73. The predicted octanol–water partition coefficient (Wildman–Crippen LogP) is 2.24. The quantitative estimate of drug-likeness (QED) is 0.346. The first-order chi connectivity index (χ1) is 9.06. The number of benzene rings is 2. The molecule has 0 fully saturated rings. The van der Waals surface area contributed by atoms with Crippen LogP contribution in [0.1, 0.15) is 17.2 Å². The summed E-state index contributed by atoms with van der Waals surface area (Å²) in [5, 5.41) is 0. The fourth-order valence-electron chi connectivity index (χ4n) is 1.88. The van der Waals surface area contributed by atoms with Crippen molar-refractivity contribution >= 4 is 5.69 Å². The Balaban J connectivity index is 2.55. The molecular weight excluding hydrogens is 255 g/mol. The third-order valence-corrected chi connectivity index (χ3v) is 2.85. The van der Waals surface area contributed by atoms with E-state index < -0.39 is 23.5 Å². The lowest BCUT2D eigenvalue weighted by Crippen LogP contribution is -2.30. The number of nitrogens with one attached hydrogen (secondary N) is 1. The number of nitrogens with two attached hydrogens (primary N) is 2. The molecule has 2 aromatic rings. The average molecular weight is 267 g/mol. The number of hydrogen-bond acceptors (Lipinski definition) is 3. The molecule has 0 bridgehead atoms. The minimum atomic E-state index is -1.53. The second-order valence-corrected chi connectivity index (χ2v) is 3.99. The Morgan fingerprint density at radius 2 is 1.58 bits per heavy atom. The van der Waals surface area contributed by atoms with E-state index in [1.807, 2.05) is 0 Å². The van der Waals surface area contributed by atoms with Crippen molar-refractivity contribution in [2.45, 2.75) is 6.04 Å². The molecule has 0 aliphatic carbocycles. The summed E-state index contributed by atoms with van der Waals surface area (Å²) in [4.78, 5) is 0. The lowest BCUT2D eigenvalue weighted by Gasteiger charge is -2.19. The fourth-order valence-corrected chi connectivity index (χ4v) is 1.88. The number of nitrogen functional groups attached to an aromatic ring is 1. The average Bonchev–Trinajstić information content (AvgIpc) is 2.41. The lowest BCUT2D eigenvalue weighted by molar-refractivity contribution is 0.433. The van der Waals surface area contributed by atoms with E-state index in [4.69, 9.17) is 11.6 Å². The van der Waals surface area contributed by atoms with Crippen LogP contribution in [0.25, 0.3) is 0 Å². The Labute approximate surface area is 108 Å². The number of rotatable bonds is 3. The van der Waals surface area contributed by atoms with Gasteiger partial charge in [0.2, 0.25) is 0 Å². The van der Waals surface area contributed by atoms with Crippen LogP contribution >= 0.6 is 0 Å². The van der Waals surface area contributed by atoms with E-state index in [1.165, 1.54) is 0 Å². The molecule has 3 nitrogen and oxygen atoms in total. The topological polar surface area (TPSA) is 64.1 Å². The molecule has 0 aliphatic heterocycles. The third-order valence-electron chi connectivity index (χ3n) is 2.85. The molecule has 5 N–H and O–H groups in total. The van der Waals surface area contributed by atoms with E-state index in [-0.39, 0.29) is 5.56 Å². The number of hydrogen-bond donors (Lipinski definition) is 3. The molecule has 0 saturated carbocycles. The van der Waals surface area contributed by atoms with Crippen LogP contribution in [0.5, 0.6) is 0 Å². The minimum absolute atomic E-state index is 0.112. The molecule has 19 heavy (non-hydrogen) atoms. The van der Waals surface area contributed by atoms with Crippen molar-refractivity contribution in [2.75, 3.05) is 5.73 Å². The van der Waals surface area contributed by atoms with Gasteiger partial charge in [-0.05, 0) is 17.7 Å². The molecule has 0 heterocycles. The van der Waals surface area contributed by atoms with Gasteiger partial charge in [-0.1, -0.05) is 24.3 Å². The maximum atomic E-state index is 13.8.